The number of carbonyl (C=O) groups excluding carboxylic acids is 2. The zero-order valence-electron chi connectivity index (χ0n) is 17.1. The summed E-state index contributed by atoms with van der Waals surface area (Å²) >= 11 is 1.27. The van der Waals surface area contributed by atoms with Crippen molar-refractivity contribution in [3.05, 3.63) is 18.4 Å². The predicted octanol–water partition coefficient (Wildman–Crippen LogP) is 3.44. The molecule has 2 aromatic heterocycles. The largest absolute Gasteiger partial charge is 0.461 e. The van der Waals surface area contributed by atoms with Gasteiger partial charge in [0.15, 0.2) is 16.7 Å². The van der Waals surface area contributed by atoms with Gasteiger partial charge in [0, 0.05) is 12.1 Å². The number of furan rings is 1. The van der Waals surface area contributed by atoms with Crippen molar-refractivity contribution in [1.29, 1.82) is 0 Å². The normalized spacial score (nSPS) is 29.2. The third-order valence-electron chi connectivity index (χ3n) is 6.78. The average Bonchev–Trinajstić information content (AvgIpc) is 3.33. The summed E-state index contributed by atoms with van der Waals surface area (Å²) < 4.78 is 7.30. The summed E-state index contributed by atoms with van der Waals surface area (Å²) in [7, 11) is 0. The highest BCUT2D eigenvalue weighted by molar-refractivity contribution is 7.99. The Hall–Kier alpha value is -2.29. The summed E-state index contributed by atoms with van der Waals surface area (Å²) in [5.74, 6) is 3.27. The van der Waals surface area contributed by atoms with Crippen LogP contribution >= 0.6 is 11.8 Å². The molecule has 4 aliphatic carbocycles. The maximum Gasteiger partial charge on any atom is 0.321 e. The van der Waals surface area contributed by atoms with Crippen LogP contribution in [0.25, 0.3) is 11.6 Å². The van der Waals surface area contributed by atoms with Crippen molar-refractivity contribution in [2.45, 2.75) is 62.7 Å². The summed E-state index contributed by atoms with van der Waals surface area (Å²) in [6.45, 7) is 2.64. The van der Waals surface area contributed by atoms with Crippen molar-refractivity contribution in [3.63, 3.8) is 0 Å². The lowest BCUT2D eigenvalue weighted by Crippen LogP contribution is -2.61. The quantitative estimate of drug-likeness (QED) is 0.682. The molecule has 4 bridgehead atoms. The number of imide groups is 1. The molecule has 8 nitrogen and oxygen atoms in total. The van der Waals surface area contributed by atoms with E-state index in [-0.39, 0.29) is 23.2 Å². The predicted molar refractivity (Wildman–Crippen MR) is 112 cm³/mol. The Bertz CT molecular complexity index is 903. The van der Waals surface area contributed by atoms with Crippen LogP contribution in [-0.4, -0.2) is 38.0 Å². The third kappa shape index (κ3) is 3.75. The highest BCUT2D eigenvalue weighted by Crippen LogP contribution is 2.55. The number of hydrogen-bond donors (Lipinski definition) is 2. The maximum atomic E-state index is 12.5. The van der Waals surface area contributed by atoms with E-state index in [4.69, 9.17) is 4.42 Å². The van der Waals surface area contributed by atoms with Gasteiger partial charge in [-0.25, -0.2) is 4.79 Å². The van der Waals surface area contributed by atoms with Gasteiger partial charge in [-0.15, -0.1) is 10.2 Å². The van der Waals surface area contributed by atoms with Crippen LogP contribution < -0.4 is 10.6 Å². The molecule has 4 aliphatic rings. The zero-order valence-corrected chi connectivity index (χ0v) is 17.9. The fraction of sp³-hybridized carbons (Fsp3) is 0.619. The molecule has 160 valence electrons. The maximum absolute atomic E-state index is 12.5. The average molecular weight is 430 g/mol. The number of amides is 3. The standard InChI is InChI=1S/C21H27N5O3S/c1-2-26-18(16-4-3-5-29-16)24-25-20(26)30-12-17(27)22-19(28)23-21-9-13-6-14(10-21)8-15(7-13)11-21/h3-5,13-15H,2,6-12H2,1H3,(H2,22,23,27,28). The smallest absolute Gasteiger partial charge is 0.321 e. The molecule has 4 saturated carbocycles. The Morgan fingerprint density at radius 2 is 1.90 bits per heavy atom. The number of aromatic nitrogens is 3. The first-order valence-electron chi connectivity index (χ1n) is 10.8. The molecule has 0 atom stereocenters. The summed E-state index contributed by atoms with van der Waals surface area (Å²) in [5, 5.41) is 14.7. The highest BCUT2D eigenvalue weighted by atomic mass is 32.2. The molecule has 0 radical (unpaired) electrons. The van der Waals surface area contributed by atoms with E-state index in [0.29, 0.717) is 23.3 Å². The van der Waals surface area contributed by atoms with Crippen LogP contribution in [0.2, 0.25) is 0 Å². The first kappa shape index (κ1) is 19.7. The number of nitrogens with one attached hydrogen (secondary N) is 2. The van der Waals surface area contributed by atoms with Crippen LogP contribution in [-0.2, 0) is 11.3 Å². The number of urea groups is 1. The minimum absolute atomic E-state index is 0.102. The van der Waals surface area contributed by atoms with Crippen LogP contribution in [0.5, 0.6) is 0 Å². The summed E-state index contributed by atoms with van der Waals surface area (Å²) in [5.41, 5.74) is -0.105. The second-order valence-corrected chi connectivity index (χ2v) is 9.96. The Morgan fingerprint density at radius 3 is 2.50 bits per heavy atom. The van der Waals surface area contributed by atoms with Gasteiger partial charge in [0.25, 0.3) is 0 Å². The van der Waals surface area contributed by atoms with E-state index >= 15 is 0 Å². The van der Waals surface area contributed by atoms with Gasteiger partial charge in [0.2, 0.25) is 5.91 Å². The zero-order chi connectivity index (χ0) is 20.7. The van der Waals surface area contributed by atoms with Gasteiger partial charge in [-0.05, 0) is 75.3 Å². The van der Waals surface area contributed by atoms with Gasteiger partial charge < -0.3 is 9.73 Å². The SMILES string of the molecule is CCn1c(SCC(=O)NC(=O)NC23CC4CC(CC(C4)C2)C3)nnc1-c1ccco1. The van der Waals surface area contributed by atoms with E-state index in [1.165, 1.54) is 31.0 Å². The molecule has 0 spiro atoms. The minimum Gasteiger partial charge on any atom is -0.461 e. The number of thioether (sulfide) groups is 1. The number of hydrogen-bond acceptors (Lipinski definition) is 6. The van der Waals surface area contributed by atoms with E-state index in [9.17, 15) is 9.59 Å². The third-order valence-corrected chi connectivity index (χ3v) is 7.74. The molecule has 0 aliphatic heterocycles. The summed E-state index contributed by atoms with van der Waals surface area (Å²) in [4.78, 5) is 24.9. The van der Waals surface area contributed by atoms with E-state index < -0.39 is 0 Å². The van der Waals surface area contributed by atoms with Gasteiger partial charge in [0.1, 0.15) is 0 Å². The van der Waals surface area contributed by atoms with Gasteiger partial charge in [-0.1, -0.05) is 11.8 Å². The van der Waals surface area contributed by atoms with Crippen LogP contribution in [0, 0.1) is 17.8 Å². The van der Waals surface area contributed by atoms with Crippen LogP contribution in [0.15, 0.2) is 28.0 Å². The van der Waals surface area contributed by atoms with Crippen molar-refractivity contribution in [1.82, 2.24) is 25.4 Å². The summed E-state index contributed by atoms with van der Waals surface area (Å²) in [6.07, 6.45) is 8.72. The Balaban J connectivity index is 1.16. The fourth-order valence-electron chi connectivity index (χ4n) is 6.10. The second-order valence-electron chi connectivity index (χ2n) is 9.02. The highest BCUT2D eigenvalue weighted by Gasteiger charge is 2.51. The molecular weight excluding hydrogens is 402 g/mol. The Morgan fingerprint density at radius 1 is 1.20 bits per heavy atom. The van der Waals surface area contributed by atoms with Gasteiger partial charge in [-0.2, -0.15) is 0 Å². The van der Waals surface area contributed by atoms with Gasteiger partial charge in [0.05, 0.1) is 12.0 Å². The number of nitrogens with zero attached hydrogens (tertiary/aromatic N) is 3. The lowest BCUT2D eigenvalue weighted by Gasteiger charge is -2.56. The van der Waals surface area contributed by atoms with E-state index in [1.807, 2.05) is 17.6 Å². The molecule has 9 heteroatoms. The van der Waals surface area contributed by atoms with E-state index in [2.05, 4.69) is 20.8 Å². The van der Waals surface area contributed by atoms with Crippen LogP contribution in [0.1, 0.15) is 45.4 Å². The van der Waals surface area contributed by atoms with Crippen molar-refractivity contribution >= 4 is 23.7 Å². The number of rotatable bonds is 6. The van der Waals surface area contributed by atoms with Crippen LogP contribution in [0.4, 0.5) is 4.79 Å². The lowest BCUT2D eigenvalue weighted by atomic mass is 9.53. The molecule has 0 aromatic carbocycles. The van der Waals surface area contributed by atoms with Crippen molar-refractivity contribution in [3.8, 4) is 11.6 Å². The summed E-state index contributed by atoms with van der Waals surface area (Å²) in [6, 6.07) is 3.26. The van der Waals surface area contributed by atoms with Gasteiger partial charge >= 0.3 is 6.03 Å². The topological polar surface area (TPSA) is 102 Å². The monoisotopic (exact) mass is 429 g/mol. The first-order chi connectivity index (χ1) is 14.5. The molecule has 30 heavy (non-hydrogen) atoms. The molecule has 6 rings (SSSR count). The van der Waals surface area contributed by atoms with Gasteiger partial charge in [-0.3, -0.25) is 14.7 Å². The molecule has 3 amide bonds. The molecule has 4 fully saturated rings. The van der Waals surface area contributed by atoms with Crippen molar-refractivity contribution in [2.24, 2.45) is 17.8 Å². The van der Waals surface area contributed by atoms with E-state index in [1.54, 1.807) is 12.3 Å². The van der Waals surface area contributed by atoms with E-state index in [0.717, 1.165) is 37.0 Å². The molecular formula is C21H27N5O3S. The lowest BCUT2D eigenvalue weighted by molar-refractivity contribution is -0.117. The number of carbonyl (C=O) groups is 2. The second kappa shape index (κ2) is 7.76. The minimum atomic E-state index is -0.365. The van der Waals surface area contributed by atoms with Crippen LogP contribution in [0.3, 0.4) is 0 Å². The van der Waals surface area contributed by atoms with Crippen molar-refractivity contribution < 1.29 is 14.0 Å². The molecule has 2 N–H and O–H groups in total. The van der Waals surface area contributed by atoms with Crippen molar-refractivity contribution in [2.75, 3.05) is 5.75 Å². The molecule has 0 unspecified atom stereocenters. The fourth-order valence-corrected chi connectivity index (χ4v) is 6.90. The molecule has 0 saturated heterocycles. The Labute approximate surface area is 179 Å². The Kier molecular flexibility index (Phi) is 5.08. The first-order valence-corrected chi connectivity index (χ1v) is 11.7. The molecule has 2 heterocycles. The molecule has 2 aromatic rings.